The van der Waals surface area contributed by atoms with Gasteiger partial charge in [0.1, 0.15) is 6.04 Å². The van der Waals surface area contributed by atoms with Gasteiger partial charge in [-0.1, -0.05) is 0 Å². The number of nitrogens with one attached hydrogen (secondary N) is 1. The number of carbonyl (C=O) groups excluding carboxylic acids is 4. The van der Waals surface area contributed by atoms with Crippen LogP contribution in [0.4, 0.5) is 5.69 Å². The molecule has 5 rings (SSSR count). The number of piperazine rings is 1. The van der Waals surface area contributed by atoms with E-state index in [9.17, 15) is 19.2 Å². The summed E-state index contributed by atoms with van der Waals surface area (Å²) in [6, 6.07) is 5.43. The molecule has 1 atom stereocenters. The summed E-state index contributed by atoms with van der Waals surface area (Å²) in [6.07, 6.45) is 3.86. The number of anilines is 1. The maximum Gasteiger partial charge on any atom is 0.255 e. The van der Waals surface area contributed by atoms with Crippen molar-refractivity contribution in [2.75, 3.05) is 50.7 Å². The third-order valence-corrected chi connectivity index (χ3v) is 7.56. The number of hydrogen-bond donors (Lipinski definition) is 1. The van der Waals surface area contributed by atoms with Gasteiger partial charge in [-0.25, -0.2) is 0 Å². The van der Waals surface area contributed by atoms with Gasteiger partial charge in [0.2, 0.25) is 18.2 Å². The third-order valence-electron chi connectivity index (χ3n) is 7.56. The fourth-order valence-corrected chi connectivity index (χ4v) is 5.55. The average molecular weight is 454 g/mol. The predicted octanol–water partition coefficient (Wildman–Crippen LogP) is 0.438. The number of hydrogen-bond acceptors (Lipinski definition) is 6. The van der Waals surface area contributed by atoms with E-state index in [-0.39, 0.29) is 24.1 Å². The first-order chi connectivity index (χ1) is 16.0. The molecule has 4 heterocycles. The zero-order valence-electron chi connectivity index (χ0n) is 18.9. The molecule has 0 saturated carbocycles. The first-order valence-electron chi connectivity index (χ1n) is 12.0. The molecule has 4 aliphatic heterocycles. The fraction of sp³-hybridized carbons (Fsp3) is 0.583. The van der Waals surface area contributed by atoms with E-state index in [1.54, 1.807) is 4.90 Å². The van der Waals surface area contributed by atoms with Crippen LogP contribution in [0.2, 0.25) is 0 Å². The summed E-state index contributed by atoms with van der Waals surface area (Å²) >= 11 is 0. The number of benzene rings is 1. The lowest BCUT2D eigenvalue weighted by Gasteiger charge is -2.38. The van der Waals surface area contributed by atoms with Crippen LogP contribution in [0, 0.1) is 5.92 Å². The summed E-state index contributed by atoms with van der Waals surface area (Å²) in [5, 5.41) is 2.35. The molecule has 176 valence electrons. The molecule has 33 heavy (non-hydrogen) atoms. The van der Waals surface area contributed by atoms with Crippen molar-refractivity contribution in [2.24, 2.45) is 5.92 Å². The summed E-state index contributed by atoms with van der Waals surface area (Å²) < 4.78 is 0. The lowest BCUT2D eigenvalue weighted by Crippen LogP contribution is -2.52. The van der Waals surface area contributed by atoms with Crippen molar-refractivity contribution in [3.05, 3.63) is 29.3 Å². The van der Waals surface area contributed by atoms with E-state index in [1.165, 1.54) is 0 Å². The van der Waals surface area contributed by atoms with Crippen molar-refractivity contribution in [1.82, 2.24) is 20.0 Å². The van der Waals surface area contributed by atoms with E-state index in [4.69, 9.17) is 0 Å². The van der Waals surface area contributed by atoms with Crippen LogP contribution < -0.4 is 10.2 Å². The smallest absolute Gasteiger partial charge is 0.255 e. The monoisotopic (exact) mass is 453 g/mol. The van der Waals surface area contributed by atoms with E-state index >= 15 is 0 Å². The van der Waals surface area contributed by atoms with E-state index in [2.05, 4.69) is 21.2 Å². The molecular formula is C24H31N5O4. The highest BCUT2D eigenvalue weighted by molar-refractivity contribution is 6.05. The Balaban J connectivity index is 1.17. The van der Waals surface area contributed by atoms with Gasteiger partial charge in [-0.2, -0.15) is 0 Å². The first kappa shape index (κ1) is 21.9. The molecule has 0 bridgehead atoms. The van der Waals surface area contributed by atoms with Gasteiger partial charge in [-0.05, 0) is 48.9 Å². The van der Waals surface area contributed by atoms with Gasteiger partial charge in [-0.3, -0.25) is 29.4 Å². The van der Waals surface area contributed by atoms with Crippen LogP contribution in [-0.2, 0) is 20.9 Å². The van der Waals surface area contributed by atoms with Crippen LogP contribution in [-0.4, -0.2) is 90.7 Å². The summed E-state index contributed by atoms with van der Waals surface area (Å²) in [5.41, 5.74) is 2.75. The highest BCUT2D eigenvalue weighted by Gasteiger charge is 2.39. The zero-order chi connectivity index (χ0) is 22.9. The van der Waals surface area contributed by atoms with Gasteiger partial charge < -0.3 is 14.7 Å². The van der Waals surface area contributed by atoms with Gasteiger partial charge in [0.05, 0.1) is 0 Å². The molecule has 4 amide bonds. The highest BCUT2D eigenvalue weighted by atomic mass is 16.2. The number of nitrogens with zero attached hydrogens (tertiary/aromatic N) is 4. The standard InChI is InChI=1S/C24H31N5O4/c30-16-27-11-9-26(10-12-27)14-17-5-7-28(8-6-17)19-1-2-20-18(13-19)15-29(24(20)33)21-3-4-22(31)25-23(21)32/h1-2,13,16-17,21H,3-12,14-15H2,(H,25,31,32). The van der Waals surface area contributed by atoms with Crippen molar-refractivity contribution >= 4 is 29.8 Å². The second kappa shape index (κ2) is 9.13. The molecule has 4 aliphatic rings. The molecule has 1 aromatic carbocycles. The Hall–Kier alpha value is -2.94. The van der Waals surface area contributed by atoms with Gasteiger partial charge >= 0.3 is 0 Å². The molecule has 3 fully saturated rings. The van der Waals surface area contributed by atoms with Gasteiger partial charge in [-0.15, -0.1) is 0 Å². The van der Waals surface area contributed by atoms with Gasteiger partial charge in [0.15, 0.2) is 0 Å². The topological polar surface area (TPSA) is 93.3 Å². The average Bonchev–Trinajstić information content (AvgIpc) is 3.15. The second-order valence-electron chi connectivity index (χ2n) is 9.61. The first-order valence-corrected chi connectivity index (χ1v) is 12.0. The van der Waals surface area contributed by atoms with Crippen LogP contribution in [0.15, 0.2) is 18.2 Å². The van der Waals surface area contributed by atoms with Crippen molar-refractivity contribution in [1.29, 1.82) is 0 Å². The zero-order valence-corrected chi connectivity index (χ0v) is 18.9. The molecular weight excluding hydrogens is 422 g/mol. The maximum absolute atomic E-state index is 12.9. The van der Waals surface area contributed by atoms with Crippen molar-refractivity contribution in [3.8, 4) is 0 Å². The van der Waals surface area contributed by atoms with Crippen LogP contribution in [0.25, 0.3) is 0 Å². The summed E-state index contributed by atoms with van der Waals surface area (Å²) in [4.78, 5) is 55.8. The Morgan fingerprint density at radius 3 is 2.42 bits per heavy atom. The molecule has 1 aromatic rings. The predicted molar refractivity (Wildman–Crippen MR) is 122 cm³/mol. The van der Waals surface area contributed by atoms with E-state index in [0.29, 0.717) is 24.4 Å². The van der Waals surface area contributed by atoms with E-state index < -0.39 is 6.04 Å². The molecule has 9 heteroatoms. The quantitative estimate of drug-likeness (QED) is 0.514. The minimum Gasteiger partial charge on any atom is -0.372 e. The normalized spacial score (nSPS) is 24.8. The number of imide groups is 1. The number of amides is 4. The van der Waals surface area contributed by atoms with Crippen LogP contribution in [0.5, 0.6) is 0 Å². The lowest BCUT2D eigenvalue weighted by molar-refractivity contribution is -0.137. The number of carbonyl (C=O) groups is 4. The Morgan fingerprint density at radius 1 is 0.970 bits per heavy atom. The lowest BCUT2D eigenvalue weighted by atomic mass is 9.95. The minimum absolute atomic E-state index is 0.126. The molecule has 0 aliphatic carbocycles. The molecule has 0 spiro atoms. The van der Waals surface area contributed by atoms with Gasteiger partial charge in [0, 0.05) is 70.0 Å². The Kier molecular flexibility index (Phi) is 6.05. The van der Waals surface area contributed by atoms with Crippen LogP contribution in [0.1, 0.15) is 41.6 Å². The number of fused-ring (bicyclic) bond motifs is 1. The Morgan fingerprint density at radius 2 is 1.73 bits per heavy atom. The van der Waals surface area contributed by atoms with Crippen molar-refractivity contribution in [3.63, 3.8) is 0 Å². The van der Waals surface area contributed by atoms with Crippen molar-refractivity contribution < 1.29 is 19.2 Å². The SMILES string of the molecule is O=CN1CCN(CC2CCN(c3ccc4c(c3)CN(C3CCC(=O)NC3=O)C4=O)CC2)CC1. The summed E-state index contributed by atoms with van der Waals surface area (Å²) in [7, 11) is 0. The molecule has 0 aromatic heterocycles. The highest BCUT2D eigenvalue weighted by Crippen LogP contribution is 2.32. The third kappa shape index (κ3) is 4.46. The number of rotatable bonds is 5. The van der Waals surface area contributed by atoms with Crippen molar-refractivity contribution in [2.45, 2.75) is 38.3 Å². The number of piperidine rings is 2. The second-order valence-corrected chi connectivity index (χ2v) is 9.61. The fourth-order valence-electron chi connectivity index (χ4n) is 5.55. The Labute approximate surface area is 193 Å². The Bertz CT molecular complexity index is 950. The molecule has 3 saturated heterocycles. The summed E-state index contributed by atoms with van der Waals surface area (Å²) in [6.45, 7) is 7.06. The molecule has 1 unspecified atom stereocenters. The van der Waals surface area contributed by atoms with Crippen LogP contribution in [0.3, 0.4) is 0 Å². The van der Waals surface area contributed by atoms with Gasteiger partial charge in [0.25, 0.3) is 5.91 Å². The molecule has 1 N–H and O–H groups in total. The minimum atomic E-state index is -0.574. The molecule has 0 radical (unpaired) electrons. The van der Waals surface area contributed by atoms with Crippen LogP contribution >= 0.6 is 0 Å². The summed E-state index contributed by atoms with van der Waals surface area (Å²) in [5.74, 6) is -0.0981. The largest absolute Gasteiger partial charge is 0.372 e. The molecule has 9 nitrogen and oxygen atoms in total. The maximum atomic E-state index is 12.9. The van der Waals surface area contributed by atoms with E-state index in [1.807, 2.05) is 17.0 Å². The van der Waals surface area contributed by atoms with E-state index in [0.717, 1.165) is 76.3 Å².